The van der Waals surface area contributed by atoms with Gasteiger partial charge in [-0.15, -0.1) is 0 Å². The molecule has 1 unspecified atom stereocenters. The van der Waals surface area contributed by atoms with E-state index in [4.69, 9.17) is 4.74 Å². The van der Waals surface area contributed by atoms with Crippen LogP contribution < -0.4 is 10.1 Å². The second kappa shape index (κ2) is 6.28. The largest absolute Gasteiger partial charge is 0.508 e. The quantitative estimate of drug-likeness (QED) is 0.863. The van der Waals surface area contributed by atoms with E-state index in [1.807, 2.05) is 19.1 Å². The molecular weight excluding hydrogens is 257 g/mol. The first-order valence-corrected chi connectivity index (χ1v) is 6.53. The SMILES string of the molecule is CCC(Nc1cc(OC)ccc1F)c1ccccc1O. The Morgan fingerprint density at radius 2 is 2.00 bits per heavy atom. The molecule has 0 radical (unpaired) electrons. The minimum atomic E-state index is -0.348. The minimum absolute atomic E-state index is 0.169. The average Bonchev–Trinajstić information content (AvgIpc) is 2.47. The predicted molar refractivity (Wildman–Crippen MR) is 77.7 cm³/mol. The van der Waals surface area contributed by atoms with Gasteiger partial charge in [-0.05, 0) is 24.6 Å². The van der Waals surface area contributed by atoms with Crippen molar-refractivity contribution in [1.29, 1.82) is 0 Å². The number of aromatic hydroxyl groups is 1. The number of benzene rings is 2. The van der Waals surface area contributed by atoms with E-state index < -0.39 is 0 Å². The molecule has 0 heterocycles. The van der Waals surface area contributed by atoms with Gasteiger partial charge in [0.25, 0.3) is 0 Å². The van der Waals surface area contributed by atoms with Gasteiger partial charge in [0.15, 0.2) is 0 Å². The summed E-state index contributed by atoms with van der Waals surface area (Å²) in [4.78, 5) is 0. The van der Waals surface area contributed by atoms with E-state index in [0.29, 0.717) is 17.9 Å². The lowest BCUT2D eigenvalue weighted by Crippen LogP contribution is -2.11. The maximum absolute atomic E-state index is 13.8. The van der Waals surface area contributed by atoms with Gasteiger partial charge in [-0.25, -0.2) is 4.39 Å². The lowest BCUT2D eigenvalue weighted by atomic mass is 10.0. The van der Waals surface area contributed by atoms with Gasteiger partial charge in [-0.2, -0.15) is 0 Å². The van der Waals surface area contributed by atoms with Crippen LogP contribution in [0.2, 0.25) is 0 Å². The number of nitrogens with one attached hydrogen (secondary N) is 1. The molecule has 2 aromatic carbocycles. The Morgan fingerprint density at radius 1 is 1.25 bits per heavy atom. The van der Waals surface area contributed by atoms with Crippen LogP contribution in [0.5, 0.6) is 11.5 Å². The molecule has 0 saturated heterocycles. The third-order valence-corrected chi connectivity index (χ3v) is 3.22. The smallest absolute Gasteiger partial charge is 0.146 e. The highest BCUT2D eigenvalue weighted by Crippen LogP contribution is 2.31. The highest BCUT2D eigenvalue weighted by atomic mass is 19.1. The van der Waals surface area contributed by atoms with Crippen LogP contribution >= 0.6 is 0 Å². The van der Waals surface area contributed by atoms with Crippen molar-refractivity contribution in [3.8, 4) is 11.5 Å². The van der Waals surface area contributed by atoms with Crippen LogP contribution in [0.4, 0.5) is 10.1 Å². The first kappa shape index (κ1) is 14.2. The van der Waals surface area contributed by atoms with E-state index in [9.17, 15) is 9.50 Å². The van der Waals surface area contributed by atoms with Gasteiger partial charge in [-0.1, -0.05) is 25.1 Å². The number of rotatable bonds is 5. The van der Waals surface area contributed by atoms with Gasteiger partial charge >= 0.3 is 0 Å². The van der Waals surface area contributed by atoms with Crippen molar-refractivity contribution in [2.24, 2.45) is 0 Å². The van der Waals surface area contributed by atoms with Crippen LogP contribution in [0.25, 0.3) is 0 Å². The predicted octanol–water partition coefficient (Wildman–Crippen LogP) is 4.10. The zero-order chi connectivity index (χ0) is 14.5. The summed E-state index contributed by atoms with van der Waals surface area (Å²) >= 11 is 0. The number of hydrogen-bond donors (Lipinski definition) is 2. The Labute approximate surface area is 118 Å². The molecule has 20 heavy (non-hydrogen) atoms. The van der Waals surface area contributed by atoms with E-state index in [1.165, 1.54) is 13.2 Å². The number of ether oxygens (including phenoxy) is 1. The highest BCUT2D eigenvalue weighted by molar-refractivity contribution is 5.52. The van der Waals surface area contributed by atoms with Crippen molar-refractivity contribution in [3.05, 3.63) is 53.8 Å². The topological polar surface area (TPSA) is 41.5 Å². The Morgan fingerprint density at radius 3 is 2.65 bits per heavy atom. The van der Waals surface area contributed by atoms with Crippen LogP contribution in [0.3, 0.4) is 0 Å². The van der Waals surface area contributed by atoms with Crippen molar-refractivity contribution in [2.45, 2.75) is 19.4 Å². The molecule has 4 heteroatoms. The number of para-hydroxylation sites is 1. The molecule has 0 aliphatic carbocycles. The number of anilines is 1. The Bertz CT molecular complexity index is 586. The fourth-order valence-corrected chi connectivity index (χ4v) is 2.11. The van der Waals surface area contributed by atoms with Crippen molar-refractivity contribution in [1.82, 2.24) is 0 Å². The Balaban J connectivity index is 2.29. The van der Waals surface area contributed by atoms with Crippen LogP contribution in [0, 0.1) is 5.82 Å². The van der Waals surface area contributed by atoms with Crippen LogP contribution in [-0.2, 0) is 0 Å². The molecule has 0 fully saturated rings. The lowest BCUT2D eigenvalue weighted by Gasteiger charge is -2.20. The molecule has 0 saturated carbocycles. The Hall–Kier alpha value is -2.23. The molecule has 0 bridgehead atoms. The summed E-state index contributed by atoms with van der Waals surface area (Å²) < 4.78 is 18.9. The van der Waals surface area contributed by atoms with Crippen molar-refractivity contribution in [3.63, 3.8) is 0 Å². The van der Waals surface area contributed by atoms with E-state index in [2.05, 4.69) is 5.32 Å². The van der Waals surface area contributed by atoms with Gasteiger partial charge in [0.05, 0.1) is 18.8 Å². The molecule has 0 aliphatic rings. The number of phenolic OH excluding ortho intramolecular Hbond substituents is 1. The number of hydrogen-bond acceptors (Lipinski definition) is 3. The summed E-state index contributed by atoms with van der Waals surface area (Å²) in [5, 5.41) is 13.0. The zero-order valence-electron chi connectivity index (χ0n) is 11.6. The maximum Gasteiger partial charge on any atom is 0.146 e. The van der Waals surface area contributed by atoms with Crippen LogP contribution in [0.15, 0.2) is 42.5 Å². The van der Waals surface area contributed by atoms with E-state index in [-0.39, 0.29) is 17.6 Å². The average molecular weight is 275 g/mol. The summed E-state index contributed by atoms with van der Waals surface area (Å²) in [7, 11) is 1.54. The van der Waals surface area contributed by atoms with Gasteiger partial charge in [0.2, 0.25) is 0 Å². The summed E-state index contributed by atoms with van der Waals surface area (Å²) in [5.41, 5.74) is 1.11. The van der Waals surface area contributed by atoms with E-state index >= 15 is 0 Å². The molecule has 0 aliphatic heterocycles. The van der Waals surface area contributed by atoms with E-state index in [0.717, 1.165) is 5.56 Å². The van der Waals surface area contributed by atoms with Gasteiger partial charge < -0.3 is 15.2 Å². The molecule has 0 spiro atoms. The standard InChI is InChI=1S/C16H18FNO2/c1-3-14(12-6-4-5-7-16(12)19)18-15-10-11(20-2)8-9-13(15)17/h4-10,14,18-19H,3H2,1-2H3. The second-order valence-electron chi connectivity index (χ2n) is 4.51. The van der Waals surface area contributed by atoms with Crippen molar-refractivity contribution in [2.75, 3.05) is 12.4 Å². The van der Waals surface area contributed by atoms with E-state index in [1.54, 1.807) is 24.3 Å². The van der Waals surface area contributed by atoms with Gasteiger partial charge in [0, 0.05) is 11.6 Å². The first-order valence-electron chi connectivity index (χ1n) is 6.53. The fourth-order valence-electron chi connectivity index (χ4n) is 2.11. The molecule has 3 nitrogen and oxygen atoms in total. The van der Waals surface area contributed by atoms with Gasteiger partial charge in [-0.3, -0.25) is 0 Å². The normalized spacial score (nSPS) is 11.9. The molecule has 106 valence electrons. The molecular formula is C16H18FNO2. The number of phenols is 1. The molecule has 2 aromatic rings. The third kappa shape index (κ3) is 3.02. The molecule has 0 amide bonds. The van der Waals surface area contributed by atoms with Crippen LogP contribution in [-0.4, -0.2) is 12.2 Å². The summed E-state index contributed by atoms with van der Waals surface area (Å²) in [5.74, 6) is 0.441. The minimum Gasteiger partial charge on any atom is -0.508 e. The van der Waals surface area contributed by atoms with Crippen molar-refractivity contribution < 1.29 is 14.2 Å². The lowest BCUT2D eigenvalue weighted by molar-refractivity contribution is 0.414. The van der Waals surface area contributed by atoms with Crippen molar-refractivity contribution >= 4 is 5.69 Å². The third-order valence-electron chi connectivity index (χ3n) is 3.22. The number of methoxy groups -OCH3 is 1. The summed E-state index contributed by atoms with van der Waals surface area (Å²) in [6, 6.07) is 11.4. The van der Waals surface area contributed by atoms with Gasteiger partial charge in [0.1, 0.15) is 17.3 Å². The molecule has 2 rings (SSSR count). The molecule has 2 N–H and O–H groups in total. The summed E-state index contributed by atoms with van der Waals surface area (Å²) in [6.07, 6.45) is 0.716. The monoisotopic (exact) mass is 275 g/mol. The zero-order valence-corrected chi connectivity index (χ0v) is 11.6. The second-order valence-corrected chi connectivity index (χ2v) is 4.51. The number of halogens is 1. The highest BCUT2D eigenvalue weighted by Gasteiger charge is 2.15. The first-order chi connectivity index (χ1) is 9.65. The molecule has 0 aromatic heterocycles. The fraction of sp³-hybridized carbons (Fsp3) is 0.250. The summed E-state index contributed by atoms with van der Waals surface area (Å²) in [6.45, 7) is 1.97. The van der Waals surface area contributed by atoms with Crippen LogP contribution in [0.1, 0.15) is 24.9 Å². The Kier molecular flexibility index (Phi) is 4.45. The molecule has 1 atom stereocenters. The maximum atomic E-state index is 13.8.